The average molecular weight is 661 g/mol. The van der Waals surface area contributed by atoms with E-state index < -0.39 is 48.2 Å². The lowest BCUT2D eigenvalue weighted by Gasteiger charge is -2.37. The number of hydrogen-bond donors (Lipinski definition) is 5. The largest absolute Gasteiger partial charge is 0.493 e. The van der Waals surface area contributed by atoms with Crippen molar-refractivity contribution in [2.45, 2.75) is 110 Å². The maximum atomic E-state index is 14.2. The van der Waals surface area contributed by atoms with Crippen LogP contribution in [0.15, 0.2) is 24.3 Å². The molecule has 1 fully saturated rings. The van der Waals surface area contributed by atoms with Gasteiger partial charge in [0, 0.05) is 19.6 Å². The topological polar surface area (TPSA) is 191 Å². The third-order valence-corrected chi connectivity index (χ3v) is 8.33. The third kappa shape index (κ3) is 13.0. The molecule has 1 aromatic rings. The number of rotatable bonds is 21. The van der Waals surface area contributed by atoms with Crippen molar-refractivity contribution in [2.24, 2.45) is 5.92 Å². The van der Waals surface area contributed by atoms with Crippen molar-refractivity contribution in [3.63, 3.8) is 0 Å². The SMILES string of the molecule is CCCCC(NC(=O)C(CC)N(CC)C(=O)C(NC(=O)Cc1cccc(OCCCO)c1)C1CCCCC1)C(=O)C(=O)NCC(=O)O. The van der Waals surface area contributed by atoms with Crippen LogP contribution < -0.4 is 20.7 Å². The van der Waals surface area contributed by atoms with Crippen molar-refractivity contribution < 1.29 is 43.7 Å². The minimum atomic E-state index is -1.31. The summed E-state index contributed by atoms with van der Waals surface area (Å²) in [6.45, 7) is 5.17. The minimum absolute atomic E-state index is 0.0112. The number of carbonyl (C=O) groups is 6. The number of unbranched alkanes of at least 4 members (excludes halogenated alkanes) is 1. The normalized spacial score (nSPS) is 15.1. The van der Waals surface area contributed by atoms with Crippen molar-refractivity contribution in [3.8, 4) is 5.75 Å². The predicted molar refractivity (Wildman–Crippen MR) is 174 cm³/mol. The summed E-state index contributed by atoms with van der Waals surface area (Å²) in [7, 11) is 0. The lowest BCUT2D eigenvalue weighted by Crippen LogP contribution is -2.59. The summed E-state index contributed by atoms with van der Waals surface area (Å²) in [4.78, 5) is 78.7. The Morgan fingerprint density at radius 3 is 2.34 bits per heavy atom. The molecule has 0 aromatic heterocycles. The molecule has 2 rings (SSSR count). The van der Waals surface area contributed by atoms with Gasteiger partial charge >= 0.3 is 5.97 Å². The molecule has 1 aliphatic rings. The molecular formula is C34H52N4O9. The average Bonchev–Trinajstić information content (AvgIpc) is 3.06. The van der Waals surface area contributed by atoms with Gasteiger partial charge < -0.3 is 35.8 Å². The molecule has 0 heterocycles. The van der Waals surface area contributed by atoms with Crippen LogP contribution in [0.25, 0.3) is 0 Å². The summed E-state index contributed by atoms with van der Waals surface area (Å²) < 4.78 is 5.63. The van der Waals surface area contributed by atoms with Gasteiger partial charge in [0.25, 0.3) is 5.91 Å². The Bertz CT molecular complexity index is 1200. The molecule has 13 nitrogen and oxygen atoms in total. The van der Waals surface area contributed by atoms with Crippen LogP contribution in [0, 0.1) is 5.92 Å². The van der Waals surface area contributed by atoms with E-state index in [1.807, 2.05) is 12.2 Å². The molecule has 4 amide bonds. The highest BCUT2D eigenvalue weighted by molar-refractivity contribution is 6.38. The van der Waals surface area contributed by atoms with Gasteiger partial charge in [0.15, 0.2) is 0 Å². The van der Waals surface area contributed by atoms with Crippen molar-refractivity contribution in [1.82, 2.24) is 20.9 Å². The number of aliphatic carboxylic acids is 1. The monoisotopic (exact) mass is 660 g/mol. The summed E-state index contributed by atoms with van der Waals surface area (Å²) in [5.74, 6) is -4.22. The number of carbonyl (C=O) groups excluding carboxylic acids is 5. The maximum absolute atomic E-state index is 14.2. The molecule has 47 heavy (non-hydrogen) atoms. The number of nitrogens with one attached hydrogen (secondary N) is 3. The first-order valence-electron chi connectivity index (χ1n) is 16.8. The van der Waals surface area contributed by atoms with Gasteiger partial charge in [-0.05, 0) is 56.2 Å². The van der Waals surface area contributed by atoms with E-state index in [0.29, 0.717) is 37.2 Å². The van der Waals surface area contributed by atoms with Gasteiger partial charge in [-0.2, -0.15) is 0 Å². The van der Waals surface area contributed by atoms with Gasteiger partial charge in [0.2, 0.25) is 23.5 Å². The molecule has 3 atom stereocenters. The van der Waals surface area contributed by atoms with E-state index in [9.17, 15) is 28.8 Å². The molecule has 0 radical (unpaired) electrons. The smallest absolute Gasteiger partial charge is 0.322 e. The zero-order chi connectivity index (χ0) is 34.8. The van der Waals surface area contributed by atoms with Crippen LogP contribution in [0.2, 0.25) is 0 Å². The van der Waals surface area contributed by atoms with Crippen molar-refractivity contribution >= 4 is 35.4 Å². The fourth-order valence-electron chi connectivity index (χ4n) is 5.86. The van der Waals surface area contributed by atoms with Gasteiger partial charge in [-0.1, -0.05) is 58.1 Å². The molecule has 3 unspecified atom stereocenters. The molecular weight excluding hydrogens is 608 g/mol. The lowest BCUT2D eigenvalue weighted by molar-refractivity contribution is -0.146. The number of benzene rings is 1. The van der Waals surface area contributed by atoms with E-state index in [4.69, 9.17) is 14.9 Å². The fourth-order valence-corrected chi connectivity index (χ4v) is 5.86. The Morgan fingerprint density at radius 1 is 1.00 bits per heavy atom. The first-order valence-corrected chi connectivity index (χ1v) is 16.8. The fraction of sp³-hybridized carbons (Fsp3) is 0.647. The van der Waals surface area contributed by atoms with Crippen LogP contribution in [0.3, 0.4) is 0 Å². The van der Waals surface area contributed by atoms with Crippen LogP contribution in [-0.4, -0.2) is 94.9 Å². The van der Waals surface area contributed by atoms with Crippen LogP contribution >= 0.6 is 0 Å². The Morgan fingerprint density at radius 2 is 1.72 bits per heavy atom. The second kappa shape index (κ2) is 21.0. The number of likely N-dealkylation sites (N-methyl/N-ethyl adjacent to an activating group) is 1. The molecule has 0 aliphatic heterocycles. The van der Waals surface area contributed by atoms with E-state index in [1.165, 1.54) is 4.90 Å². The van der Waals surface area contributed by atoms with Crippen LogP contribution in [0.5, 0.6) is 5.75 Å². The standard InChI is InChI=1S/C34H52N4O9/c1-4-7-17-26(31(43)33(45)35-22-29(41)42)36-32(44)27(5-2)38(6-3)34(46)30(24-14-9-8-10-15-24)37-28(40)21-23-13-11-16-25(20-23)47-19-12-18-39/h11,13,16,20,24,26-27,30,39H,4-10,12,14-15,17-19,21-22H2,1-3H3,(H,35,45)(H,36,44)(H,37,40)(H,41,42). The molecule has 262 valence electrons. The number of ketones is 1. The number of amides is 4. The first-order chi connectivity index (χ1) is 22.6. The number of carboxylic acid groups (broad SMARTS) is 1. The van der Waals surface area contributed by atoms with Crippen LogP contribution in [0.1, 0.15) is 90.5 Å². The summed E-state index contributed by atoms with van der Waals surface area (Å²) in [6, 6.07) is 4.08. The minimum Gasteiger partial charge on any atom is -0.493 e. The third-order valence-electron chi connectivity index (χ3n) is 8.33. The number of aliphatic hydroxyl groups is 1. The second-order valence-corrected chi connectivity index (χ2v) is 11.9. The van der Waals surface area contributed by atoms with E-state index in [-0.39, 0.29) is 50.1 Å². The van der Waals surface area contributed by atoms with Crippen LogP contribution in [-0.2, 0) is 35.2 Å². The number of aliphatic hydroxyl groups excluding tert-OH is 1. The second-order valence-electron chi connectivity index (χ2n) is 11.9. The summed E-state index contributed by atoms with van der Waals surface area (Å²) in [5, 5.41) is 25.5. The van der Waals surface area contributed by atoms with Crippen LogP contribution in [0.4, 0.5) is 0 Å². The number of Topliss-reactive ketones (excluding diaryl/α,β-unsaturated/α-hetero) is 1. The molecule has 0 saturated heterocycles. The lowest BCUT2D eigenvalue weighted by atomic mass is 9.83. The summed E-state index contributed by atoms with van der Waals surface area (Å²) >= 11 is 0. The number of carboxylic acids is 1. The van der Waals surface area contributed by atoms with Gasteiger partial charge in [-0.3, -0.25) is 28.8 Å². The molecule has 0 bridgehead atoms. The van der Waals surface area contributed by atoms with Crippen molar-refractivity contribution in [1.29, 1.82) is 0 Å². The number of ether oxygens (including phenoxy) is 1. The predicted octanol–water partition coefficient (Wildman–Crippen LogP) is 2.13. The highest BCUT2D eigenvalue weighted by Gasteiger charge is 2.38. The molecule has 1 aromatic carbocycles. The first kappa shape index (κ1) is 39.2. The highest BCUT2D eigenvalue weighted by atomic mass is 16.5. The van der Waals surface area contributed by atoms with Gasteiger partial charge in [0.05, 0.1) is 19.1 Å². The zero-order valence-electron chi connectivity index (χ0n) is 27.9. The molecule has 0 spiro atoms. The zero-order valence-corrected chi connectivity index (χ0v) is 27.9. The molecule has 1 aliphatic carbocycles. The number of nitrogens with zero attached hydrogens (tertiary/aromatic N) is 1. The summed E-state index contributed by atoms with van der Waals surface area (Å²) in [5.41, 5.74) is 0.701. The Hall–Kier alpha value is -4.00. The highest BCUT2D eigenvalue weighted by Crippen LogP contribution is 2.28. The van der Waals surface area contributed by atoms with E-state index >= 15 is 0 Å². The van der Waals surface area contributed by atoms with E-state index in [0.717, 1.165) is 32.1 Å². The van der Waals surface area contributed by atoms with Crippen molar-refractivity contribution in [2.75, 3.05) is 26.3 Å². The Labute approximate surface area is 277 Å². The van der Waals surface area contributed by atoms with Gasteiger partial charge in [-0.25, -0.2) is 0 Å². The molecule has 5 N–H and O–H groups in total. The molecule has 13 heteroatoms. The maximum Gasteiger partial charge on any atom is 0.322 e. The Kier molecular flexibility index (Phi) is 17.5. The van der Waals surface area contributed by atoms with E-state index in [1.54, 1.807) is 38.1 Å². The summed E-state index contributed by atoms with van der Waals surface area (Å²) in [6.07, 6.45) is 6.51. The number of hydrogen-bond acceptors (Lipinski definition) is 8. The van der Waals surface area contributed by atoms with Gasteiger partial charge in [-0.15, -0.1) is 0 Å². The van der Waals surface area contributed by atoms with E-state index in [2.05, 4.69) is 10.6 Å². The Balaban J connectivity index is 2.24. The molecule has 1 saturated carbocycles. The quantitative estimate of drug-likeness (QED) is 0.0971. The van der Waals surface area contributed by atoms with Crippen molar-refractivity contribution in [3.05, 3.63) is 29.8 Å². The van der Waals surface area contributed by atoms with Gasteiger partial charge in [0.1, 0.15) is 24.4 Å².